The summed E-state index contributed by atoms with van der Waals surface area (Å²) in [6.45, 7) is 1.36. The topological polar surface area (TPSA) is 0 Å². The van der Waals surface area contributed by atoms with Crippen molar-refractivity contribution >= 4 is 0 Å². The molecule has 0 radical (unpaired) electrons. The molecule has 0 heterocycles. The predicted molar refractivity (Wildman–Crippen MR) is 66.6 cm³/mol. The van der Waals surface area contributed by atoms with Crippen LogP contribution in [0.25, 0.3) is 11.1 Å². The number of halogens is 6. The highest BCUT2D eigenvalue weighted by molar-refractivity contribution is 5.75. The van der Waals surface area contributed by atoms with Gasteiger partial charge >= 0.3 is 12.4 Å². The van der Waals surface area contributed by atoms with Gasteiger partial charge in [0.1, 0.15) is 0 Å². The van der Waals surface area contributed by atoms with Crippen molar-refractivity contribution in [3.63, 3.8) is 0 Å². The van der Waals surface area contributed by atoms with E-state index in [1.54, 1.807) is 0 Å². The van der Waals surface area contributed by atoms with Crippen LogP contribution in [0, 0.1) is 6.92 Å². The van der Waals surface area contributed by atoms with Gasteiger partial charge in [-0.05, 0) is 35.7 Å². The van der Waals surface area contributed by atoms with Crippen molar-refractivity contribution in [2.75, 3.05) is 0 Å². The smallest absolute Gasteiger partial charge is 0.166 e. The number of hydrogen-bond acceptors (Lipinski definition) is 0. The second-order valence-electron chi connectivity index (χ2n) is 4.54. The lowest BCUT2D eigenvalue weighted by atomic mass is 9.91. The minimum atomic E-state index is -4.72. The summed E-state index contributed by atoms with van der Waals surface area (Å²) >= 11 is 0. The van der Waals surface area contributed by atoms with Gasteiger partial charge in [-0.2, -0.15) is 26.3 Å². The lowest BCUT2D eigenvalue weighted by molar-refractivity contribution is -0.139. The van der Waals surface area contributed by atoms with Crippen LogP contribution in [-0.4, -0.2) is 0 Å². The molecular weight excluding hydrogens is 294 g/mol. The summed E-state index contributed by atoms with van der Waals surface area (Å²) in [6.07, 6.45) is -9.44. The van der Waals surface area contributed by atoms with E-state index in [0.29, 0.717) is 0 Å². The number of benzene rings is 2. The summed E-state index contributed by atoms with van der Waals surface area (Å²) in [5.74, 6) is 0. The van der Waals surface area contributed by atoms with Crippen LogP contribution in [0.3, 0.4) is 0 Å². The van der Waals surface area contributed by atoms with Crippen LogP contribution in [-0.2, 0) is 12.4 Å². The van der Waals surface area contributed by atoms with Crippen LogP contribution >= 0.6 is 0 Å². The molecule has 0 atom stereocenters. The van der Waals surface area contributed by atoms with E-state index in [9.17, 15) is 26.3 Å². The molecule has 0 fully saturated rings. The molecule has 6 heteroatoms. The van der Waals surface area contributed by atoms with E-state index in [4.69, 9.17) is 0 Å². The molecular formula is C15H10F6. The van der Waals surface area contributed by atoms with Gasteiger partial charge in [0.2, 0.25) is 0 Å². The Morgan fingerprint density at radius 1 is 0.667 bits per heavy atom. The molecule has 2 aromatic carbocycles. The third-order valence-corrected chi connectivity index (χ3v) is 3.08. The van der Waals surface area contributed by atoms with Crippen LogP contribution in [0.2, 0.25) is 0 Å². The van der Waals surface area contributed by atoms with Gasteiger partial charge in [-0.25, -0.2) is 0 Å². The van der Waals surface area contributed by atoms with E-state index in [2.05, 4.69) is 0 Å². The minimum Gasteiger partial charge on any atom is -0.166 e. The van der Waals surface area contributed by atoms with Crippen LogP contribution < -0.4 is 0 Å². The van der Waals surface area contributed by atoms with E-state index in [1.807, 2.05) is 0 Å². The van der Waals surface area contributed by atoms with Crippen LogP contribution in [0.15, 0.2) is 42.5 Å². The minimum absolute atomic E-state index is 0.140. The van der Waals surface area contributed by atoms with Gasteiger partial charge in [0.25, 0.3) is 0 Å². The Labute approximate surface area is 117 Å². The Morgan fingerprint density at radius 2 is 1.19 bits per heavy atom. The standard InChI is InChI=1S/C15H10F6/c1-9-5-4-8-12(15(19,20)21)13(9)10-6-2-3-7-11(10)14(16,17)18/h2-8H,1H3. The first-order chi connectivity index (χ1) is 9.62. The molecule has 0 aromatic heterocycles. The molecule has 21 heavy (non-hydrogen) atoms. The van der Waals surface area contributed by atoms with Gasteiger partial charge in [0.15, 0.2) is 0 Å². The van der Waals surface area contributed by atoms with Gasteiger partial charge in [-0.3, -0.25) is 0 Å². The van der Waals surface area contributed by atoms with Gasteiger partial charge in [0, 0.05) is 0 Å². The van der Waals surface area contributed by atoms with Crippen molar-refractivity contribution in [1.29, 1.82) is 0 Å². The Morgan fingerprint density at radius 3 is 1.76 bits per heavy atom. The first-order valence-corrected chi connectivity index (χ1v) is 5.96. The third kappa shape index (κ3) is 3.04. The Hall–Kier alpha value is -1.98. The zero-order valence-corrected chi connectivity index (χ0v) is 10.8. The summed E-state index contributed by atoms with van der Waals surface area (Å²) in [5.41, 5.74) is -2.90. The monoisotopic (exact) mass is 304 g/mol. The van der Waals surface area contributed by atoms with Crippen molar-refractivity contribution in [3.8, 4) is 11.1 Å². The van der Waals surface area contributed by atoms with Gasteiger partial charge in [0.05, 0.1) is 11.1 Å². The van der Waals surface area contributed by atoms with Crippen molar-refractivity contribution in [1.82, 2.24) is 0 Å². The zero-order valence-electron chi connectivity index (χ0n) is 10.8. The maximum Gasteiger partial charge on any atom is 0.417 e. The van der Waals surface area contributed by atoms with E-state index in [1.165, 1.54) is 25.1 Å². The molecule has 0 amide bonds. The van der Waals surface area contributed by atoms with E-state index in [0.717, 1.165) is 24.3 Å². The molecule has 112 valence electrons. The van der Waals surface area contributed by atoms with Crippen molar-refractivity contribution < 1.29 is 26.3 Å². The average molecular weight is 304 g/mol. The normalized spacial score (nSPS) is 12.5. The Balaban J connectivity index is 2.81. The first-order valence-electron chi connectivity index (χ1n) is 5.96. The highest BCUT2D eigenvalue weighted by Crippen LogP contribution is 2.43. The van der Waals surface area contributed by atoms with Gasteiger partial charge in [-0.15, -0.1) is 0 Å². The maximum atomic E-state index is 13.1. The molecule has 0 saturated carbocycles. The molecule has 0 spiro atoms. The first kappa shape index (κ1) is 15.4. The van der Waals surface area contributed by atoms with Gasteiger partial charge in [-0.1, -0.05) is 30.3 Å². The largest absolute Gasteiger partial charge is 0.417 e. The van der Waals surface area contributed by atoms with E-state index < -0.39 is 34.6 Å². The SMILES string of the molecule is Cc1cccc(C(F)(F)F)c1-c1ccccc1C(F)(F)F. The summed E-state index contributed by atoms with van der Waals surface area (Å²) in [5, 5.41) is 0. The predicted octanol–water partition coefficient (Wildman–Crippen LogP) is 5.70. The molecule has 0 N–H and O–H groups in total. The summed E-state index contributed by atoms with van der Waals surface area (Å²) in [6, 6.07) is 7.60. The van der Waals surface area contributed by atoms with Crippen molar-refractivity contribution in [2.45, 2.75) is 19.3 Å². The fraction of sp³-hybridized carbons (Fsp3) is 0.200. The van der Waals surface area contributed by atoms with Crippen LogP contribution in [0.5, 0.6) is 0 Å². The van der Waals surface area contributed by atoms with E-state index >= 15 is 0 Å². The number of hydrogen-bond donors (Lipinski definition) is 0. The molecule has 2 rings (SSSR count). The average Bonchev–Trinajstić information content (AvgIpc) is 2.36. The van der Waals surface area contributed by atoms with Crippen molar-refractivity contribution in [3.05, 3.63) is 59.2 Å². The fourth-order valence-electron chi connectivity index (χ4n) is 2.21. The molecule has 0 aliphatic heterocycles. The quantitative estimate of drug-likeness (QED) is 0.593. The third-order valence-electron chi connectivity index (χ3n) is 3.08. The lowest BCUT2D eigenvalue weighted by Gasteiger charge is -2.19. The lowest BCUT2D eigenvalue weighted by Crippen LogP contribution is -2.12. The number of aryl methyl sites for hydroxylation is 1. The summed E-state index contributed by atoms with van der Waals surface area (Å²) in [7, 11) is 0. The number of rotatable bonds is 1. The zero-order chi connectivity index (χ0) is 15.8. The van der Waals surface area contributed by atoms with Crippen LogP contribution in [0.4, 0.5) is 26.3 Å². The van der Waals surface area contributed by atoms with E-state index in [-0.39, 0.29) is 5.56 Å². The molecule has 0 nitrogen and oxygen atoms in total. The molecule has 0 aliphatic carbocycles. The summed E-state index contributed by atoms with van der Waals surface area (Å²) < 4.78 is 78.2. The number of alkyl halides is 6. The molecule has 0 bridgehead atoms. The second kappa shape index (κ2) is 5.09. The molecule has 0 aliphatic rings. The summed E-state index contributed by atoms with van der Waals surface area (Å²) in [4.78, 5) is 0. The second-order valence-corrected chi connectivity index (χ2v) is 4.54. The molecule has 0 saturated heterocycles. The van der Waals surface area contributed by atoms with Crippen LogP contribution in [0.1, 0.15) is 16.7 Å². The highest BCUT2D eigenvalue weighted by Gasteiger charge is 2.38. The maximum absolute atomic E-state index is 13.1. The van der Waals surface area contributed by atoms with Gasteiger partial charge < -0.3 is 0 Å². The molecule has 0 unspecified atom stereocenters. The Kier molecular flexibility index (Phi) is 3.74. The highest BCUT2D eigenvalue weighted by atomic mass is 19.4. The molecule has 2 aromatic rings. The fourth-order valence-corrected chi connectivity index (χ4v) is 2.21. The Bertz CT molecular complexity index is 652. The van der Waals surface area contributed by atoms with Crippen molar-refractivity contribution in [2.24, 2.45) is 0 Å².